The van der Waals surface area contributed by atoms with E-state index in [9.17, 15) is 14.7 Å². The van der Waals surface area contributed by atoms with Gasteiger partial charge in [-0.05, 0) is 35.1 Å². The van der Waals surface area contributed by atoms with E-state index in [-0.39, 0.29) is 11.6 Å². The molecule has 1 heterocycles. The molecule has 0 saturated heterocycles. The van der Waals surface area contributed by atoms with Crippen LogP contribution < -0.4 is 11.0 Å². The van der Waals surface area contributed by atoms with Gasteiger partial charge in [-0.1, -0.05) is 55.8 Å². The lowest BCUT2D eigenvalue weighted by Crippen LogP contribution is -2.36. The van der Waals surface area contributed by atoms with Crippen molar-refractivity contribution in [1.29, 1.82) is 0 Å². The predicted octanol–water partition coefficient (Wildman–Crippen LogP) is 4.22. The van der Waals surface area contributed by atoms with Gasteiger partial charge in [0.2, 0.25) is 0 Å². The number of aromatic carboxylic acids is 1. The highest BCUT2D eigenvalue weighted by atomic mass is 35.5. The normalized spacial score (nSPS) is 11.1. The minimum atomic E-state index is -1.18. The van der Waals surface area contributed by atoms with Crippen LogP contribution in [0.5, 0.6) is 0 Å². The van der Waals surface area contributed by atoms with Crippen LogP contribution in [0, 0.1) is 5.92 Å². The Bertz CT molecular complexity index is 1030. The zero-order valence-electron chi connectivity index (χ0n) is 14.5. The molecule has 0 aliphatic rings. The highest BCUT2D eigenvalue weighted by Gasteiger charge is 2.23. The van der Waals surface area contributed by atoms with Crippen LogP contribution in [0.15, 0.2) is 53.3 Å². The van der Waals surface area contributed by atoms with E-state index < -0.39 is 11.5 Å². The fourth-order valence-electron chi connectivity index (χ4n) is 2.90. The van der Waals surface area contributed by atoms with Gasteiger partial charge >= 0.3 is 5.97 Å². The zero-order chi connectivity index (χ0) is 18.8. The van der Waals surface area contributed by atoms with Crippen LogP contribution in [0.4, 0.5) is 0 Å². The highest BCUT2D eigenvalue weighted by molar-refractivity contribution is 6.31. The van der Waals surface area contributed by atoms with E-state index in [1.54, 1.807) is 18.2 Å². The lowest BCUT2D eigenvalue weighted by Gasteiger charge is -2.19. The smallest absolute Gasteiger partial charge is 0.355 e. The van der Waals surface area contributed by atoms with E-state index in [4.69, 9.17) is 11.6 Å². The second-order valence-corrected chi connectivity index (χ2v) is 6.92. The summed E-state index contributed by atoms with van der Waals surface area (Å²) in [5.74, 6) is -0.941. The zero-order valence-corrected chi connectivity index (χ0v) is 15.2. The van der Waals surface area contributed by atoms with Crippen LogP contribution in [-0.2, 0) is 0 Å². The number of carbonyl (C=O) groups is 1. The summed E-state index contributed by atoms with van der Waals surface area (Å²) < 4.78 is 1.14. The van der Waals surface area contributed by atoms with Gasteiger partial charge < -0.3 is 10.5 Å². The van der Waals surface area contributed by atoms with E-state index >= 15 is 0 Å². The van der Waals surface area contributed by atoms with Gasteiger partial charge in [-0.15, -0.1) is 0 Å². The van der Waals surface area contributed by atoms with Crippen LogP contribution in [0.2, 0.25) is 5.02 Å². The maximum absolute atomic E-state index is 13.0. The first-order chi connectivity index (χ1) is 12.4. The number of pyridine rings is 1. The van der Waals surface area contributed by atoms with E-state index in [1.807, 2.05) is 44.2 Å². The van der Waals surface area contributed by atoms with Crippen molar-refractivity contribution in [2.45, 2.75) is 13.8 Å². The van der Waals surface area contributed by atoms with Gasteiger partial charge in [0, 0.05) is 22.5 Å². The molecule has 0 spiro atoms. The van der Waals surface area contributed by atoms with Crippen LogP contribution in [0.3, 0.4) is 0 Å². The fraction of sp³-hybridized carbons (Fsp3) is 0.200. The van der Waals surface area contributed by atoms with Crippen LogP contribution in [0.1, 0.15) is 24.3 Å². The average molecular weight is 371 g/mol. The van der Waals surface area contributed by atoms with Crippen molar-refractivity contribution in [3.05, 3.63) is 69.6 Å². The van der Waals surface area contributed by atoms with Gasteiger partial charge in [0.05, 0.1) is 0 Å². The number of fused-ring (bicyclic) bond motifs is 1. The number of carboxylic acid groups (broad SMARTS) is 1. The molecular formula is C20H19ClN2O3. The van der Waals surface area contributed by atoms with Gasteiger partial charge in [-0.3, -0.25) is 4.79 Å². The van der Waals surface area contributed by atoms with Crippen molar-refractivity contribution < 1.29 is 9.90 Å². The number of hydrogen-bond acceptors (Lipinski definition) is 3. The fourth-order valence-corrected chi connectivity index (χ4v) is 3.07. The van der Waals surface area contributed by atoms with Gasteiger partial charge in [0.25, 0.3) is 5.56 Å². The molecular weight excluding hydrogens is 352 g/mol. The summed E-state index contributed by atoms with van der Waals surface area (Å²) in [7, 11) is 0. The monoisotopic (exact) mass is 370 g/mol. The molecule has 0 fully saturated rings. The number of hydrogen-bond donors (Lipinski definition) is 2. The molecule has 3 rings (SSSR count). The van der Waals surface area contributed by atoms with Crippen molar-refractivity contribution in [2.75, 3.05) is 12.0 Å². The molecule has 134 valence electrons. The number of carboxylic acids is 1. The molecule has 0 bridgehead atoms. The highest BCUT2D eigenvalue weighted by Crippen LogP contribution is 2.32. The molecule has 0 aliphatic carbocycles. The molecule has 0 radical (unpaired) electrons. The molecule has 3 aromatic rings. The minimum absolute atomic E-state index is 0.100. The number of benzene rings is 2. The Balaban J connectivity index is 2.46. The molecule has 1 aromatic heterocycles. The molecule has 0 amide bonds. The van der Waals surface area contributed by atoms with Crippen LogP contribution in [0.25, 0.3) is 21.9 Å². The van der Waals surface area contributed by atoms with Crippen LogP contribution >= 0.6 is 11.6 Å². The molecule has 6 heteroatoms. The van der Waals surface area contributed by atoms with E-state index in [1.165, 1.54) is 0 Å². The molecule has 0 aliphatic heterocycles. The number of rotatable bonds is 5. The molecule has 26 heavy (non-hydrogen) atoms. The summed E-state index contributed by atoms with van der Waals surface area (Å²) >= 11 is 6.13. The third-order valence-corrected chi connectivity index (χ3v) is 4.30. The maximum Gasteiger partial charge on any atom is 0.355 e. The first-order valence-electron chi connectivity index (χ1n) is 8.31. The van der Waals surface area contributed by atoms with Gasteiger partial charge in [-0.2, -0.15) is 0 Å². The Morgan fingerprint density at radius 3 is 2.46 bits per heavy atom. The lowest BCUT2D eigenvalue weighted by molar-refractivity contribution is 0.0686. The van der Waals surface area contributed by atoms with Crippen LogP contribution in [-0.4, -0.2) is 22.3 Å². The van der Waals surface area contributed by atoms with E-state index in [0.29, 0.717) is 33.5 Å². The summed E-state index contributed by atoms with van der Waals surface area (Å²) in [4.78, 5) is 25.1. The van der Waals surface area contributed by atoms with Crippen molar-refractivity contribution in [3.8, 4) is 11.1 Å². The summed E-state index contributed by atoms with van der Waals surface area (Å²) in [6, 6.07) is 14.0. The van der Waals surface area contributed by atoms with Crippen molar-refractivity contribution in [3.63, 3.8) is 0 Å². The van der Waals surface area contributed by atoms with E-state index in [2.05, 4.69) is 5.43 Å². The van der Waals surface area contributed by atoms with Crippen molar-refractivity contribution >= 4 is 28.3 Å². The maximum atomic E-state index is 13.0. The van der Waals surface area contributed by atoms with E-state index in [0.717, 1.165) is 4.68 Å². The molecule has 0 saturated carbocycles. The van der Waals surface area contributed by atoms with Crippen molar-refractivity contribution in [2.24, 2.45) is 5.92 Å². The first kappa shape index (κ1) is 18.0. The summed E-state index contributed by atoms with van der Waals surface area (Å²) in [5, 5.41) is 11.3. The summed E-state index contributed by atoms with van der Waals surface area (Å²) in [6.45, 7) is 4.43. The standard InChI is InChI=1S/C20H19ClN2O3/c1-12(2)11-22-23-18(20(25)26)17(13-6-4-3-5-7-13)16-10-14(21)8-9-15(16)19(23)24/h3-10,12,22H,11H2,1-2H3,(H,25,26). The molecule has 2 aromatic carbocycles. The Kier molecular flexibility index (Phi) is 5.00. The quantitative estimate of drug-likeness (QED) is 0.705. The third kappa shape index (κ3) is 3.30. The van der Waals surface area contributed by atoms with Gasteiger partial charge in [-0.25, -0.2) is 9.47 Å². The molecule has 2 N–H and O–H groups in total. The lowest BCUT2D eigenvalue weighted by atomic mass is 9.97. The second kappa shape index (κ2) is 7.22. The third-order valence-electron chi connectivity index (χ3n) is 4.07. The Labute approximate surface area is 155 Å². The summed E-state index contributed by atoms with van der Waals surface area (Å²) in [5.41, 5.74) is 3.63. The molecule has 0 atom stereocenters. The Hall–Kier alpha value is -2.79. The Morgan fingerprint density at radius 2 is 1.85 bits per heavy atom. The minimum Gasteiger partial charge on any atom is -0.476 e. The topological polar surface area (TPSA) is 71.3 Å². The summed E-state index contributed by atoms with van der Waals surface area (Å²) in [6.07, 6.45) is 0. The number of aromatic nitrogens is 1. The number of nitrogens with one attached hydrogen (secondary N) is 1. The second-order valence-electron chi connectivity index (χ2n) is 6.48. The van der Waals surface area contributed by atoms with Crippen molar-refractivity contribution in [1.82, 2.24) is 4.68 Å². The number of halogens is 1. The molecule has 0 unspecified atom stereocenters. The predicted molar refractivity (Wildman–Crippen MR) is 105 cm³/mol. The van der Waals surface area contributed by atoms with Gasteiger partial charge in [0.1, 0.15) is 0 Å². The SMILES string of the molecule is CC(C)CNn1c(C(=O)O)c(-c2ccccc2)c2cc(Cl)ccc2c1=O. The Morgan fingerprint density at radius 1 is 1.15 bits per heavy atom. The first-order valence-corrected chi connectivity index (χ1v) is 8.68. The van der Waals surface area contributed by atoms with Gasteiger partial charge in [0.15, 0.2) is 5.69 Å². The molecule has 5 nitrogen and oxygen atoms in total. The average Bonchev–Trinajstić information content (AvgIpc) is 2.60. The largest absolute Gasteiger partial charge is 0.476 e. The number of nitrogens with zero attached hydrogens (tertiary/aromatic N) is 1.